The van der Waals surface area contributed by atoms with Crippen molar-refractivity contribution in [2.75, 3.05) is 0 Å². The first-order valence-corrected chi connectivity index (χ1v) is 8.95. The molecule has 1 aliphatic rings. The molecule has 0 atom stereocenters. The molecule has 3 aromatic heterocycles. The lowest BCUT2D eigenvalue weighted by molar-refractivity contribution is 0.0951. The maximum absolute atomic E-state index is 13.0. The van der Waals surface area contributed by atoms with Crippen LogP contribution in [0.2, 0.25) is 0 Å². The molecule has 0 bridgehead atoms. The van der Waals surface area contributed by atoms with Gasteiger partial charge in [0.1, 0.15) is 0 Å². The number of carbonyl (C=O) groups excluding carboxylic acids is 1. The summed E-state index contributed by atoms with van der Waals surface area (Å²) in [4.78, 5) is 34.2. The van der Waals surface area contributed by atoms with Crippen molar-refractivity contribution in [1.82, 2.24) is 24.9 Å². The number of carbonyl (C=O) groups is 1. The van der Waals surface area contributed by atoms with Crippen molar-refractivity contribution in [3.8, 4) is 0 Å². The molecular formula is C20H17N5O2. The maximum Gasteiger partial charge on any atom is 0.272 e. The van der Waals surface area contributed by atoms with Crippen LogP contribution in [-0.2, 0) is 19.4 Å². The second kappa shape index (κ2) is 6.05. The molecule has 0 saturated heterocycles. The predicted octanol–water partition coefficient (Wildman–Crippen LogP) is 1.99. The molecule has 1 amide bonds. The Morgan fingerprint density at radius 2 is 2.07 bits per heavy atom. The number of fused-ring (bicyclic) bond motifs is 3. The fourth-order valence-electron chi connectivity index (χ4n) is 3.80. The standard InChI is InChI=1S/C20H17N5O2/c26-18-10-12(23-17-8-9-22-25(17)18)11-21-20(27)19-13-4-1-2-6-15(13)24-16-7-3-5-14(16)19/h1-2,4,6,8-10,22H,3,5,7,11H2,(H,21,27). The van der Waals surface area contributed by atoms with Crippen LogP contribution in [0.25, 0.3) is 16.6 Å². The third-order valence-corrected chi connectivity index (χ3v) is 5.01. The summed E-state index contributed by atoms with van der Waals surface area (Å²) in [5.41, 5.74) is 4.46. The van der Waals surface area contributed by atoms with E-state index >= 15 is 0 Å². The summed E-state index contributed by atoms with van der Waals surface area (Å²) in [5, 5.41) is 6.60. The molecule has 1 aromatic carbocycles. The third-order valence-electron chi connectivity index (χ3n) is 5.01. The van der Waals surface area contributed by atoms with Crippen molar-refractivity contribution in [2.24, 2.45) is 0 Å². The minimum atomic E-state index is -0.204. The third kappa shape index (κ3) is 2.59. The lowest BCUT2D eigenvalue weighted by Gasteiger charge is -2.12. The van der Waals surface area contributed by atoms with Gasteiger partial charge in [-0.15, -0.1) is 0 Å². The van der Waals surface area contributed by atoms with Crippen LogP contribution in [0, 0.1) is 0 Å². The highest BCUT2D eigenvalue weighted by Crippen LogP contribution is 2.29. The van der Waals surface area contributed by atoms with Gasteiger partial charge in [-0.2, -0.15) is 0 Å². The molecule has 1 aliphatic carbocycles. The van der Waals surface area contributed by atoms with Crippen LogP contribution in [0.1, 0.15) is 33.7 Å². The van der Waals surface area contributed by atoms with Crippen molar-refractivity contribution >= 4 is 22.5 Å². The molecule has 0 radical (unpaired) electrons. The first-order chi connectivity index (χ1) is 13.2. The van der Waals surface area contributed by atoms with E-state index in [0.29, 0.717) is 16.9 Å². The zero-order chi connectivity index (χ0) is 18.4. The van der Waals surface area contributed by atoms with E-state index in [2.05, 4.69) is 15.4 Å². The van der Waals surface area contributed by atoms with E-state index in [9.17, 15) is 9.59 Å². The van der Waals surface area contributed by atoms with Crippen LogP contribution >= 0.6 is 0 Å². The second-order valence-corrected chi connectivity index (χ2v) is 6.71. The summed E-state index contributed by atoms with van der Waals surface area (Å²) >= 11 is 0. The summed E-state index contributed by atoms with van der Waals surface area (Å²) in [5.74, 6) is -0.150. The fraction of sp³-hybridized carbons (Fsp3) is 0.200. The van der Waals surface area contributed by atoms with E-state index in [1.807, 2.05) is 24.3 Å². The zero-order valence-corrected chi connectivity index (χ0v) is 14.5. The normalized spacial score (nSPS) is 13.2. The molecule has 4 aromatic rings. The molecule has 7 nitrogen and oxygen atoms in total. The number of aryl methyl sites for hydroxylation is 1. The number of H-pyrrole nitrogens is 1. The summed E-state index contributed by atoms with van der Waals surface area (Å²) < 4.78 is 1.36. The minimum absolute atomic E-state index is 0.150. The number of hydrogen-bond acceptors (Lipinski definition) is 4. The molecule has 2 N–H and O–H groups in total. The number of aromatic nitrogens is 4. The van der Waals surface area contributed by atoms with Gasteiger partial charge >= 0.3 is 0 Å². The van der Waals surface area contributed by atoms with Crippen molar-refractivity contribution in [3.63, 3.8) is 0 Å². The first kappa shape index (κ1) is 15.7. The largest absolute Gasteiger partial charge is 0.346 e. The van der Waals surface area contributed by atoms with Gasteiger partial charge in [0.2, 0.25) is 0 Å². The molecule has 134 valence electrons. The van der Waals surface area contributed by atoms with Gasteiger partial charge in [0.25, 0.3) is 11.5 Å². The highest BCUT2D eigenvalue weighted by Gasteiger charge is 2.23. The lowest BCUT2D eigenvalue weighted by Crippen LogP contribution is -2.26. The Balaban J connectivity index is 1.50. The van der Waals surface area contributed by atoms with Gasteiger partial charge in [-0.1, -0.05) is 18.2 Å². The summed E-state index contributed by atoms with van der Waals surface area (Å²) in [6, 6.07) is 10.9. The van der Waals surface area contributed by atoms with Gasteiger partial charge in [-0.3, -0.25) is 19.7 Å². The number of pyridine rings is 1. The van der Waals surface area contributed by atoms with Gasteiger partial charge in [0.05, 0.1) is 23.3 Å². The SMILES string of the molecule is O=C(NCc1cc(=O)n2[nH]ccc2n1)c1c2c(nc3ccccc13)CCC2. The number of para-hydroxylation sites is 1. The Labute approximate surface area is 154 Å². The van der Waals surface area contributed by atoms with Gasteiger partial charge < -0.3 is 5.32 Å². The number of rotatable bonds is 3. The molecule has 0 unspecified atom stereocenters. The number of nitrogens with one attached hydrogen (secondary N) is 2. The molecule has 0 aliphatic heterocycles. The number of benzene rings is 1. The molecule has 0 fully saturated rings. The Morgan fingerprint density at radius 1 is 1.19 bits per heavy atom. The van der Waals surface area contributed by atoms with Crippen molar-refractivity contribution in [2.45, 2.75) is 25.8 Å². The highest BCUT2D eigenvalue weighted by molar-refractivity contribution is 6.07. The molecule has 3 heterocycles. The summed E-state index contributed by atoms with van der Waals surface area (Å²) in [6.07, 6.45) is 4.44. The summed E-state index contributed by atoms with van der Waals surface area (Å²) in [6.45, 7) is 0.196. The van der Waals surface area contributed by atoms with E-state index in [-0.39, 0.29) is 18.0 Å². The molecule has 0 spiro atoms. The van der Waals surface area contributed by atoms with Gasteiger partial charge in [-0.25, -0.2) is 9.50 Å². The quantitative estimate of drug-likeness (QED) is 0.585. The van der Waals surface area contributed by atoms with Crippen molar-refractivity contribution < 1.29 is 4.79 Å². The lowest BCUT2D eigenvalue weighted by atomic mass is 10.0. The number of hydrogen-bond donors (Lipinski definition) is 2. The number of aromatic amines is 1. The molecule has 5 rings (SSSR count). The van der Waals surface area contributed by atoms with E-state index in [1.54, 1.807) is 12.3 Å². The van der Waals surface area contributed by atoms with Gasteiger partial charge in [-0.05, 0) is 30.9 Å². The van der Waals surface area contributed by atoms with Crippen LogP contribution in [0.3, 0.4) is 0 Å². The molecule has 0 saturated carbocycles. The highest BCUT2D eigenvalue weighted by atomic mass is 16.1. The van der Waals surface area contributed by atoms with Crippen LogP contribution in [0.4, 0.5) is 0 Å². The van der Waals surface area contributed by atoms with E-state index in [0.717, 1.165) is 41.4 Å². The second-order valence-electron chi connectivity index (χ2n) is 6.71. The van der Waals surface area contributed by atoms with Crippen LogP contribution in [0.15, 0.2) is 47.4 Å². The monoisotopic (exact) mass is 359 g/mol. The number of amides is 1. The predicted molar refractivity (Wildman–Crippen MR) is 101 cm³/mol. The average molecular weight is 359 g/mol. The minimum Gasteiger partial charge on any atom is -0.346 e. The average Bonchev–Trinajstić information content (AvgIpc) is 3.33. The maximum atomic E-state index is 13.0. The van der Waals surface area contributed by atoms with E-state index in [4.69, 9.17) is 4.98 Å². The molecule has 7 heteroatoms. The topological polar surface area (TPSA) is 92.2 Å². The Bertz CT molecular complexity index is 1250. The van der Waals surface area contributed by atoms with E-state index in [1.165, 1.54) is 10.6 Å². The Kier molecular flexibility index (Phi) is 3.53. The van der Waals surface area contributed by atoms with Gasteiger partial charge in [0, 0.05) is 29.4 Å². The van der Waals surface area contributed by atoms with Gasteiger partial charge in [0.15, 0.2) is 5.65 Å². The van der Waals surface area contributed by atoms with Crippen molar-refractivity contribution in [1.29, 1.82) is 0 Å². The Hall–Kier alpha value is -3.48. The fourth-order valence-corrected chi connectivity index (χ4v) is 3.80. The first-order valence-electron chi connectivity index (χ1n) is 8.95. The number of nitrogens with zero attached hydrogens (tertiary/aromatic N) is 3. The van der Waals surface area contributed by atoms with E-state index < -0.39 is 0 Å². The summed E-state index contributed by atoms with van der Waals surface area (Å²) in [7, 11) is 0. The smallest absolute Gasteiger partial charge is 0.272 e. The molecule has 27 heavy (non-hydrogen) atoms. The Morgan fingerprint density at radius 3 is 3.00 bits per heavy atom. The van der Waals surface area contributed by atoms with Crippen LogP contribution < -0.4 is 10.9 Å². The van der Waals surface area contributed by atoms with Crippen LogP contribution in [-0.4, -0.2) is 25.5 Å². The zero-order valence-electron chi connectivity index (χ0n) is 14.5. The molecular weight excluding hydrogens is 342 g/mol. The van der Waals surface area contributed by atoms with Crippen molar-refractivity contribution in [3.05, 3.63) is 75.5 Å². The van der Waals surface area contributed by atoms with Crippen LogP contribution in [0.5, 0.6) is 0 Å².